The number of benzene rings is 1. The van der Waals surface area contributed by atoms with E-state index in [9.17, 15) is 9.90 Å². The molecule has 1 aromatic carbocycles. The Hall–Kier alpha value is -1.75. The summed E-state index contributed by atoms with van der Waals surface area (Å²) in [6, 6.07) is 5.70. The zero-order valence-electron chi connectivity index (χ0n) is 15.3. The molecule has 1 atom stereocenters. The first-order valence-corrected chi connectivity index (χ1v) is 9.33. The second-order valence-electron chi connectivity index (χ2n) is 7.43. The third kappa shape index (κ3) is 3.61. The van der Waals surface area contributed by atoms with Gasteiger partial charge in [0, 0.05) is 12.1 Å². The lowest BCUT2D eigenvalue weighted by Crippen LogP contribution is -2.39. The number of likely N-dealkylation sites (tertiary alicyclic amines) is 1. The number of aliphatic carboxylic acids is 1. The van der Waals surface area contributed by atoms with Crippen LogP contribution in [0.5, 0.6) is 11.5 Å². The van der Waals surface area contributed by atoms with Crippen LogP contribution in [-0.4, -0.2) is 49.3 Å². The molecule has 0 spiro atoms. The minimum absolute atomic E-state index is 0.120. The van der Waals surface area contributed by atoms with E-state index in [4.69, 9.17) is 9.47 Å². The number of piperidine rings is 1. The van der Waals surface area contributed by atoms with Crippen LogP contribution in [0.4, 0.5) is 0 Å². The summed E-state index contributed by atoms with van der Waals surface area (Å²) in [5.74, 6) is 0.520. The molecule has 1 heterocycles. The molecule has 0 amide bonds. The molecule has 1 aliphatic heterocycles. The lowest BCUT2D eigenvalue weighted by molar-refractivity contribution is -0.145. The lowest BCUT2D eigenvalue weighted by Gasteiger charge is -2.35. The van der Waals surface area contributed by atoms with Gasteiger partial charge in [0.05, 0.1) is 12.5 Å². The number of rotatable bonds is 5. The quantitative estimate of drug-likeness (QED) is 0.884. The van der Waals surface area contributed by atoms with E-state index >= 15 is 0 Å². The van der Waals surface area contributed by atoms with E-state index in [2.05, 4.69) is 11.9 Å². The predicted molar refractivity (Wildman–Crippen MR) is 96.5 cm³/mol. The van der Waals surface area contributed by atoms with Gasteiger partial charge in [0.1, 0.15) is 6.10 Å². The zero-order valence-corrected chi connectivity index (χ0v) is 15.3. The number of carboxylic acid groups (broad SMARTS) is 1. The molecule has 1 unspecified atom stereocenters. The maximum Gasteiger partial charge on any atom is 0.314 e. The average Bonchev–Trinajstić information content (AvgIpc) is 2.62. The van der Waals surface area contributed by atoms with Crippen LogP contribution in [0.3, 0.4) is 0 Å². The number of carboxylic acids is 1. The molecular weight excluding hydrogens is 318 g/mol. The largest absolute Gasteiger partial charge is 0.493 e. The first-order chi connectivity index (χ1) is 12.1. The third-order valence-corrected chi connectivity index (χ3v) is 5.69. The van der Waals surface area contributed by atoms with Crippen LogP contribution in [-0.2, 0) is 10.2 Å². The van der Waals surface area contributed by atoms with Crippen molar-refractivity contribution in [2.45, 2.75) is 56.5 Å². The molecule has 2 aliphatic rings. The molecule has 5 nitrogen and oxygen atoms in total. The summed E-state index contributed by atoms with van der Waals surface area (Å²) in [7, 11) is 3.71. The Morgan fingerprint density at radius 2 is 2.00 bits per heavy atom. The van der Waals surface area contributed by atoms with E-state index in [1.54, 1.807) is 7.11 Å². The van der Waals surface area contributed by atoms with Gasteiger partial charge < -0.3 is 19.5 Å². The van der Waals surface area contributed by atoms with E-state index in [0.717, 1.165) is 50.8 Å². The van der Waals surface area contributed by atoms with E-state index < -0.39 is 11.4 Å². The summed E-state index contributed by atoms with van der Waals surface area (Å²) >= 11 is 0. The fourth-order valence-electron chi connectivity index (χ4n) is 4.34. The van der Waals surface area contributed by atoms with Crippen LogP contribution in [0.2, 0.25) is 0 Å². The Balaban J connectivity index is 1.93. The molecule has 2 fully saturated rings. The first-order valence-electron chi connectivity index (χ1n) is 9.33. The van der Waals surface area contributed by atoms with E-state index in [1.165, 1.54) is 0 Å². The minimum Gasteiger partial charge on any atom is -0.493 e. The van der Waals surface area contributed by atoms with Gasteiger partial charge in [-0.05, 0) is 45.3 Å². The van der Waals surface area contributed by atoms with Gasteiger partial charge in [0.2, 0.25) is 0 Å². The molecule has 1 aliphatic carbocycles. The molecule has 1 N–H and O–H groups in total. The monoisotopic (exact) mass is 347 g/mol. The summed E-state index contributed by atoms with van der Waals surface area (Å²) in [4.78, 5) is 14.5. The SMILES string of the molecule is COc1c(OC2CCCN(C)C2)cccc1C1(C(=O)O)CCCCC1. The number of nitrogens with zero attached hydrogens (tertiary/aromatic N) is 1. The number of ether oxygens (including phenoxy) is 2. The molecule has 1 aromatic rings. The molecule has 0 bridgehead atoms. The summed E-state index contributed by atoms with van der Waals surface area (Å²) in [6.45, 7) is 1.98. The fraction of sp³-hybridized carbons (Fsp3) is 0.650. The number of carbonyl (C=O) groups is 1. The van der Waals surface area contributed by atoms with Crippen molar-refractivity contribution in [2.75, 3.05) is 27.2 Å². The minimum atomic E-state index is -0.855. The number of hydrogen-bond donors (Lipinski definition) is 1. The summed E-state index contributed by atoms with van der Waals surface area (Å²) < 4.78 is 11.9. The van der Waals surface area contributed by atoms with Crippen LogP contribution < -0.4 is 9.47 Å². The van der Waals surface area contributed by atoms with Gasteiger partial charge in [-0.25, -0.2) is 0 Å². The lowest BCUT2D eigenvalue weighted by atomic mass is 9.69. The van der Waals surface area contributed by atoms with E-state index in [0.29, 0.717) is 24.3 Å². The number of hydrogen-bond acceptors (Lipinski definition) is 4. The van der Waals surface area contributed by atoms with Crippen molar-refractivity contribution in [3.8, 4) is 11.5 Å². The van der Waals surface area contributed by atoms with Crippen LogP contribution in [0.25, 0.3) is 0 Å². The molecule has 1 saturated heterocycles. The fourth-order valence-corrected chi connectivity index (χ4v) is 4.34. The molecule has 5 heteroatoms. The van der Waals surface area contributed by atoms with Gasteiger partial charge in [-0.2, -0.15) is 0 Å². The van der Waals surface area contributed by atoms with Gasteiger partial charge in [-0.3, -0.25) is 4.79 Å². The normalized spacial score (nSPS) is 23.8. The van der Waals surface area contributed by atoms with Crippen molar-refractivity contribution in [1.82, 2.24) is 4.90 Å². The first kappa shape index (κ1) is 18.1. The maximum absolute atomic E-state index is 12.2. The van der Waals surface area contributed by atoms with Crippen LogP contribution in [0.15, 0.2) is 18.2 Å². The Kier molecular flexibility index (Phi) is 5.52. The van der Waals surface area contributed by atoms with E-state index in [-0.39, 0.29) is 6.10 Å². The number of likely N-dealkylation sites (N-methyl/N-ethyl adjacent to an activating group) is 1. The maximum atomic E-state index is 12.2. The Bertz CT molecular complexity index is 610. The molecule has 0 aromatic heterocycles. The average molecular weight is 347 g/mol. The van der Waals surface area contributed by atoms with Crippen molar-refractivity contribution in [3.63, 3.8) is 0 Å². The molecular formula is C20H29NO4. The van der Waals surface area contributed by atoms with E-state index in [1.807, 2.05) is 18.2 Å². The Morgan fingerprint density at radius 1 is 1.24 bits per heavy atom. The van der Waals surface area contributed by atoms with Crippen molar-refractivity contribution in [3.05, 3.63) is 23.8 Å². The van der Waals surface area contributed by atoms with Crippen molar-refractivity contribution in [2.24, 2.45) is 0 Å². The van der Waals surface area contributed by atoms with Crippen LogP contribution in [0, 0.1) is 0 Å². The smallest absolute Gasteiger partial charge is 0.314 e. The van der Waals surface area contributed by atoms with Crippen molar-refractivity contribution >= 4 is 5.97 Å². The van der Waals surface area contributed by atoms with Gasteiger partial charge in [0.15, 0.2) is 11.5 Å². The highest BCUT2D eigenvalue weighted by Gasteiger charge is 2.44. The standard InChI is InChI=1S/C20H29NO4/c1-21-13-7-8-15(14-21)25-17-10-6-9-16(18(17)24-2)20(19(22)23)11-4-3-5-12-20/h6,9-10,15H,3-5,7-8,11-14H2,1-2H3,(H,22,23). The third-order valence-electron chi connectivity index (χ3n) is 5.69. The van der Waals surface area contributed by atoms with Gasteiger partial charge >= 0.3 is 5.97 Å². The van der Waals surface area contributed by atoms with Crippen molar-refractivity contribution < 1.29 is 19.4 Å². The summed E-state index contributed by atoms with van der Waals surface area (Å²) in [6.07, 6.45) is 6.55. The zero-order chi connectivity index (χ0) is 17.9. The number of para-hydroxylation sites is 1. The molecule has 138 valence electrons. The molecule has 3 rings (SSSR count). The molecule has 25 heavy (non-hydrogen) atoms. The second-order valence-corrected chi connectivity index (χ2v) is 7.43. The summed E-state index contributed by atoms with van der Waals surface area (Å²) in [5, 5.41) is 10.0. The second kappa shape index (κ2) is 7.65. The van der Waals surface area contributed by atoms with Gasteiger partial charge in [-0.15, -0.1) is 0 Å². The highest BCUT2D eigenvalue weighted by Crippen LogP contribution is 2.46. The highest BCUT2D eigenvalue weighted by atomic mass is 16.5. The Morgan fingerprint density at radius 3 is 2.64 bits per heavy atom. The molecule has 1 saturated carbocycles. The van der Waals surface area contributed by atoms with Crippen LogP contribution in [0.1, 0.15) is 50.5 Å². The van der Waals surface area contributed by atoms with Crippen molar-refractivity contribution in [1.29, 1.82) is 0 Å². The number of methoxy groups -OCH3 is 1. The summed E-state index contributed by atoms with van der Waals surface area (Å²) in [5.41, 5.74) is -0.0874. The topological polar surface area (TPSA) is 59.0 Å². The predicted octanol–water partition coefficient (Wildman–Crippen LogP) is 3.45. The highest BCUT2D eigenvalue weighted by molar-refractivity contribution is 5.83. The Labute approximate surface area is 149 Å². The van der Waals surface area contributed by atoms with Gasteiger partial charge in [0.25, 0.3) is 0 Å². The van der Waals surface area contributed by atoms with Crippen LogP contribution >= 0.6 is 0 Å². The molecule has 0 radical (unpaired) electrons. The van der Waals surface area contributed by atoms with Gasteiger partial charge in [-0.1, -0.05) is 31.4 Å².